The van der Waals surface area contributed by atoms with Gasteiger partial charge in [0.05, 0.1) is 27.4 Å². The predicted octanol–water partition coefficient (Wildman–Crippen LogP) is 5.32. The molecule has 0 spiro atoms. The highest BCUT2D eigenvalue weighted by molar-refractivity contribution is 6.08. The number of para-hydroxylation sites is 1. The third kappa shape index (κ3) is 3.93. The molecular weight excluding hydrogens is 392 g/mol. The molecular formula is C24H20N4O3. The van der Waals surface area contributed by atoms with Gasteiger partial charge in [0.1, 0.15) is 5.69 Å². The number of nitrogens with zero attached hydrogens (tertiary/aromatic N) is 3. The average molecular weight is 412 g/mol. The number of benzene rings is 3. The Bertz CT molecular complexity index is 1280. The summed E-state index contributed by atoms with van der Waals surface area (Å²) in [6, 6.07) is 21.8. The SMILES string of the molecule is Cc1ccccc1-c1nn(-c2ccccc2)cc1C(=O)Nc1cccc([N+](=O)[O-])c1C. The minimum absolute atomic E-state index is 0.0445. The molecule has 7 nitrogen and oxygen atoms in total. The van der Waals surface area contributed by atoms with Gasteiger partial charge < -0.3 is 5.32 Å². The van der Waals surface area contributed by atoms with Crippen molar-refractivity contribution in [1.82, 2.24) is 9.78 Å². The number of amides is 1. The van der Waals surface area contributed by atoms with Gasteiger partial charge in [-0.2, -0.15) is 5.10 Å². The predicted molar refractivity (Wildman–Crippen MR) is 120 cm³/mol. The first-order valence-electron chi connectivity index (χ1n) is 9.72. The molecule has 0 bridgehead atoms. The van der Waals surface area contributed by atoms with E-state index in [1.807, 2.05) is 61.5 Å². The lowest BCUT2D eigenvalue weighted by molar-refractivity contribution is -0.385. The monoisotopic (exact) mass is 412 g/mol. The Hall–Kier alpha value is -4.26. The molecule has 154 valence electrons. The Morgan fingerprint density at radius 3 is 2.39 bits per heavy atom. The van der Waals surface area contributed by atoms with Gasteiger partial charge in [-0.3, -0.25) is 14.9 Å². The molecule has 0 saturated heterocycles. The minimum atomic E-state index is -0.461. The summed E-state index contributed by atoms with van der Waals surface area (Å²) in [5.41, 5.74) is 4.32. The van der Waals surface area contributed by atoms with Crippen molar-refractivity contribution in [3.8, 4) is 16.9 Å². The maximum absolute atomic E-state index is 13.3. The highest BCUT2D eigenvalue weighted by atomic mass is 16.6. The van der Waals surface area contributed by atoms with Crippen LogP contribution in [0.4, 0.5) is 11.4 Å². The number of aromatic nitrogens is 2. The largest absolute Gasteiger partial charge is 0.321 e. The molecule has 4 aromatic rings. The van der Waals surface area contributed by atoms with Gasteiger partial charge in [-0.05, 0) is 37.6 Å². The Labute approximate surface area is 179 Å². The Balaban J connectivity index is 1.79. The quantitative estimate of drug-likeness (QED) is 0.355. The minimum Gasteiger partial charge on any atom is -0.321 e. The van der Waals surface area contributed by atoms with Crippen molar-refractivity contribution in [3.05, 3.63) is 106 Å². The molecule has 1 heterocycles. The van der Waals surface area contributed by atoms with E-state index in [9.17, 15) is 14.9 Å². The summed E-state index contributed by atoms with van der Waals surface area (Å²) >= 11 is 0. The summed E-state index contributed by atoms with van der Waals surface area (Å²) in [4.78, 5) is 24.0. The summed E-state index contributed by atoms with van der Waals surface area (Å²) in [6.45, 7) is 3.58. The van der Waals surface area contributed by atoms with Crippen molar-refractivity contribution in [3.63, 3.8) is 0 Å². The van der Waals surface area contributed by atoms with E-state index in [1.54, 1.807) is 29.9 Å². The number of carbonyl (C=O) groups excluding carboxylic acids is 1. The fraction of sp³-hybridized carbons (Fsp3) is 0.0833. The van der Waals surface area contributed by atoms with Crippen LogP contribution in [0.3, 0.4) is 0 Å². The Morgan fingerprint density at radius 2 is 1.68 bits per heavy atom. The fourth-order valence-electron chi connectivity index (χ4n) is 3.44. The maximum atomic E-state index is 13.3. The van der Waals surface area contributed by atoms with Gasteiger partial charge in [0.25, 0.3) is 11.6 Å². The zero-order valence-corrected chi connectivity index (χ0v) is 17.1. The molecule has 0 aliphatic heterocycles. The van der Waals surface area contributed by atoms with Crippen molar-refractivity contribution in [2.24, 2.45) is 0 Å². The lowest BCUT2D eigenvalue weighted by Crippen LogP contribution is -2.13. The van der Waals surface area contributed by atoms with Crippen LogP contribution in [0.1, 0.15) is 21.5 Å². The number of hydrogen-bond acceptors (Lipinski definition) is 4. The normalized spacial score (nSPS) is 10.6. The lowest BCUT2D eigenvalue weighted by atomic mass is 10.0. The first-order chi connectivity index (χ1) is 15.0. The van der Waals surface area contributed by atoms with Crippen LogP contribution in [0.15, 0.2) is 79.0 Å². The van der Waals surface area contributed by atoms with Gasteiger partial charge in [0, 0.05) is 17.8 Å². The van der Waals surface area contributed by atoms with Crippen LogP contribution in [-0.4, -0.2) is 20.6 Å². The van der Waals surface area contributed by atoms with Crippen molar-refractivity contribution < 1.29 is 9.72 Å². The van der Waals surface area contributed by atoms with Crippen LogP contribution in [0.25, 0.3) is 16.9 Å². The molecule has 0 unspecified atom stereocenters. The first kappa shape index (κ1) is 20.0. The summed E-state index contributed by atoms with van der Waals surface area (Å²) in [5.74, 6) is -0.385. The van der Waals surface area contributed by atoms with E-state index in [2.05, 4.69) is 5.32 Å². The number of rotatable bonds is 5. The number of nitro benzene ring substituents is 1. The molecule has 1 N–H and O–H groups in total. The summed E-state index contributed by atoms with van der Waals surface area (Å²) in [7, 11) is 0. The lowest BCUT2D eigenvalue weighted by Gasteiger charge is -2.09. The van der Waals surface area contributed by atoms with E-state index in [1.165, 1.54) is 6.07 Å². The number of anilines is 1. The summed E-state index contributed by atoms with van der Waals surface area (Å²) in [6.07, 6.45) is 1.68. The highest BCUT2D eigenvalue weighted by Gasteiger charge is 2.22. The second-order valence-electron chi connectivity index (χ2n) is 7.15. The molecule has 0 aliphatic rings. The van der Waals surface area contributed by atoms with Crippen molar-refractivity contribution >= 4 is 17.3 Å². The molecule has 0 saturated carbocycles. The molecule has 1 aromatic heterocycles. The molecule has 7 heteroatoms. The van der Waals surface area contributed by atoms with Crippen molar-refractivity contribution in [1.29, 1.82) is 0 Å². The summed E-state index contributed by atoms with van der Waals surface area (Å²) in [5, 5.41) is 18.8. The first-order valence-corrected chi connectivity index (χ1v) is 9.72. The third-order valence-electron chi connectivity index (χ3n) is 5.13. The molecule has 0 atom stereocenters. The van der Waals surface area contributed by atoms with Crippen LogP contribution < -0.4 is 5.32 Å². The van der Waals surface area contributed by atoms with Crippen LogP contribution in [0.2, 0.25) is 0 Å². The van der Waals surface area contributed by atoms with Gasteiger partial charge in [0.15, 0.2) is 0 Å². The number of nitro groups is 1. The van der Waals surface area contributed by atoms with Crippen molar-refractivity contribution in [2.45, 2.75) is 13.8 Å². The van der Waals surface area contributed by atoms with E-state index in [-0.39, 0.29) is 11.6 Å². The molecule has 0 fully saturated rings. The molecule has 31 heavy (non-hydrogen) atoms. The van der Waals surface area contributed by atoms with Crippen LogP contribution in [-0.2, 0) is 0 Å². The number of aryl methyl sites for hydroxylation is 1. The zero-order chi connectivity index (χ0) is 22.0. The van der Waals surface area contributed by atoms with Crippen molar-refractivity contribution in [2.75, 3.05) is 5.32 Å². The third-order valence-corrected chi connectivity index (χ3v) is 5.13. The Kier molecular flexibility index (Phi) is 5.32. The molecule has 4 rings (SSSR count). The molecule has 1 amide bonds. The zero-order valence-electron chi connectivity index (χ0n) is 17.1. The second-order valence-corrected chi connectivity index (χ2v) is 7.15. The number of carbonyl (C=O) groups is 1. The fourth-order valence-corrected chi connectivity index (χ4v) is 3.44. The van der Waals surface area contributed by atoms with Crippen LogP contribution in [0, 0.1) is 24.0 Å². The smallest absolute Gasteiger partial charge is 0.274 e. The highest BCUT2D eigenvalue weighted by Crippen LogP contribution is 2.29. The van der Waals surface area contributed by atoms with Gasteiger partial charge in [0.2, 0.25) is 0 Å². The van der Waals surface area contributed by atoms with E-state index >= 15 is 0 Å². The van der Waals surface area contributed by atoms with Gasteiger partial charge in [-0.25, -0.2) is 4.68 Å². The average Bonchev–Trinajstić information content (AvgIpc) is 3.21. The van der Waals surface area contributed by atoms with E-state index in [0.29, 0.717) is 22.5 Å². The number of nitrogens with one attached hydrogen (secondary N) is 1. The van der Waals surface area contributed by atoms with Gasteiger partial charge >= 0.3 is 0 Å². The van der Waals surface area contributed by atoms with E-state index in [0.717, 1.165) is 16.8 Å². The van der Waals surface area contributed by atoms with Gasteiger partial charge in [-0.15, -0.1) is 0 Å². The summed E-state index contributed by atoms with van der Waals surface area (Å²) < 4.78 is 1.66. The Morgan fingerprint density at radius 1 is 0.968 bits per heavy atom. The topological polar surface area (TPSA) is 90.1 Å². The van der Waals surface area contributed by atoms with Crippen LogP contribution >= 0.6 is 0 Å². The molecule has 0 aliphatic carbocycles. The van der Waals surface area contributed by atoms with Gasteiger partial charge in [-0.1, -0.05) is 48.5 Å². The van der Waals surface area contributed by atoms with Crippen LogP contribution in [0.5, 0.6) is 0 Å². The van der Waals surface area contributed by atoms with E-state index < -0.39 is 4.92 Å². The maximum Gasteiger partial charge on any atom is 0.274 e. The van der Waals surface area contributed by atoms with E-state index in [4.69, 9.17) is 5.10 Å². The second kappa shape index (κ2) is 8.23. The standard InChI is InChI=1S/C24H20N4O3/c1-16-9-6-7-12-19(16)23-20(15-27(26-23)18-10-4-3-5-11-18)24(29)25-21-13-8-14-22(17(21)2)28(30)31/h3-15H,1-2H3,(H,25,29). The number of hydrogen-bond donors (Lipinski definition) is 1. The molecule has 0 radical (unpaired) electrons. The molecule has 3 aromatic carbocycles.